The van der Waals surface area contributed by atoms with Crippen molar-refractivity contribution >= 4 is 17.2 Å². The zero-order valence-electron chi connectivity index (χ0n) is 9.80. The normalized spacial score (nSPS) is 17.4. The van der Waals surface area contributed by atoms with Crippen LogP contribution in [0.3, 0.4) is 0 Å². The number of nitrogens with one attached hydrogen (secondary N) is 2. The lowest BCUT2D eigenvalue weighted by Crippen LogP contribution is -2.42. The molecule has 1 saturated heterocycles. The fourth-order valence-corrected chi connectivity index (χ4v) is 2.84. The largest absolute Gasteiger partial charge is 0.349 e. The standard InChI is InChI=1S/C12H18N2OS/c1-8-7-11(16-9(8)2)12(15)14-10-3-5-13-6-4-10/h7,10,13H,3-6H2,1-2H3,(H,14,15). The summed E-state index contributed by atoms with van der Waals surface area (Å²) in [5.74, 6) is 0.0908. The Hall–Kier alpha value is -0.870. The molecule has 1 aliphatic rings. The van der Waals surface area contributed by atoms with Gasteiger partial charge in [-0.3, -0.25) is 4.79 Å². The van der Waals surface area contributed by atoms with Crippen LogP contribution in [-0.4, -0.2) is 25.0 Å². The van der Waals surface area contributed by atoms with E-state index in [1.54, 1.807) is 11.3 Å². The second-order valence-electron chi connectivity index (χ2n) is 4.35. The molecule has 0 bridgehead atoms. The summed E-state index contributed by atoms with van der Waals surface area (Å²) in [6.07, 6.45) is 2.07. The number of rotatable bonds is 2. The molecular formula is C12H18N2OS. The third kappa shape index (κ3) is 2.62. The van der Waals surface area contributed by atoms with Gasteiger partial charge in [-0.25, -0.2) is 0 Å². The Kier molecular flexibility index (Phi) is 3.61. The van der Waals surface area contributed by atoms with Crippen molar-refractivity contribution in [1.29, 1.82) is 0 Å². The number of amides is 1. The van der Waals surface area contributed by atoms with Crippen LogP contribution in [0, 0.1) is 13.8 Å². The first-order valence-corrected chi connectivity index (χ1v) is 6.57. The molecule has 3 nitrogen and oxygen atoms in total. The van der Waals surface area contributed by atoms with Crippen molar-refractivity contribution in [2.24, 2.45) is 0 Å². The number of carbonyl (C=O) groups is 1. The number of thiophene rings is 1. The van der Waals surface area contributed by atoms with E-state index in [2.05, 4.69) is 17.6 Å². The van der Waals surface area contributed by atoms with Crippen LogP contribution in [0.5, 0.6) is 0 Å². The summed E-state index contributed by atoms with van der Waals surface area (Å²) in [6, 6.07) is 2.33. The van der Waals surface area contributed by atoms with Gasteiger partial charge in [0, 0.05) is 10.9 Å². The van der Waals surface area contributed by atoms with E-state index in [4.69, 9.17) is 0 Å². The van der Waals surface area contributed by atoms with Gasteiger partial charge in [0.25, 0.3) is 5.91 Å². The molecule has 0 atom stereocenters. The molecule has 1 aromatic rings. The molecule has 0 spiro atoms. The fourth-order valence-electron chi connectivity index (χ4n) is 1.91. The molecule has 1 aromatic heterocycles. The van der Waals surface area contributed by atoms with Gasteiger partial charge in [0.05, 0.1) is 4.88 Å². The quantitative estimate of drug-likeness (QED) is 0.825. The van der Waals surface area contributed by atoms with Crippen molar-refractivity contribution in [3.8, 4) is 0 Å². The van der Waals surface area contributed by atoms with Gasteiger partial charge in [0.15, 0.2) is 0 Å². The summed E-state index contributed by atoms with van der Waals surface area (Å²) in [7, 11) is 0. The number of hydrogen-bond donors (Lipinski definition) is 2. The summed E-state index contributed by atoms with van der Waals surface area (Å²) in [4.78, 5) is 14.0. The molecule has 0 aromatic carbocycles. The molecule has 1 amide bonds. The second-order valence-corrected chi connectivity index (χ2v) is 5.60. The summed E-state index contributed by atoms with van der Waals surface area (Å²) >= 11 is 1.58. The smallest absolute Gasteiger partial charge is 0.261 e. The lowest BCUT2D eigenvalue weighted by atomic mass is 10.1. The highest BCUT2D eigenvalue weighted by Crippen LogP contribution is 2.20. The lowest BCUT2D eigenvalue weighted by Gasteiger charge is -2.23. The molecule has 16 heavy (non-hydrogen) atoms. The molecule has 0 saturated carbocycles. The Bertz CT molecular complexity index is 361. The first kappa shape index (κ1) is 11.6. The SMILES string of the molecule is Cc1cc(C(=O)NC2CCNCC2)sc1C. The molecule has 0 unspecified atom stereocenters. The van der Waals surface area contributed by atoms with E-state index in [1.165, 1.54) is 10.4 Å². The van der Waals surface area contributed by atoms with Crippen LogP contribution in [0.2, 0.25) is 0 Å². The van der Waals surface area contributed by atoms with Gasteiger partial charge in [0.1, 0.15) is 0 Å². The predicted molar refractivity (Wildman–Crippen MR) is 67.2 cm³/mol. The number of hydrogen-bond acceptors (Lipinski definition) is 3. The van der Waals surface area contributed by atoms with Crippen LogP contribution >= 0.6 is 11.3 Å². The van der Waals surface area contributed by atoms with E-state index in [-0.39, 0.29) is 5.91 Å². The Labute approximate surface area is 100 Å². The van der Waals surface area contributed by atoms with Crippen LogP contribution < -0.4 is 10.6 Å². The van der Waals surface area contributed by atoms with Gasteiger partial charge in [-0.15, -0.1) is 11.3 Å². The number of carbonyl (C=O) groups excluding carboxylic acids is 1. The minimum Gasteiger partial charge on any atom is -0.349 e. The van der Waals surface area contributed by atoms with Crippen LogP contribution in [0.1, 0.15) is 33.0 Å². The monoisotopic (exact) mass is 238 g/mol. The highest BCUT2D eigenvalue weighted by atomic mass is 32.1. The lowest BCUT2D eigenvalue weighted by molar-refractivity contribution is 0.0933. The molecule has 0 radical (unpaired) electrons. The molecule has 1 fully saturated rings. The third-order valence-electron chi connectivity index (χ3n) is 3.06. The summed E-state index contributed by atoms with van der Waals surface area (Å²) in [5.41, 5.74) is 1.21. The predicted octanol–water partition coefficient (Wildman–Crippen LogP) is 1.85. The summed E-state index contributed by atoms with van der Waals surface area (Å²) < 4.78 is 0. The van der Waals surface area contributed by atoms with Crippen molar-refractivity contribution in [3.63, 3.8) is 0 Å². The van der Waals surface area contributed by atoms with Crippen molar-refractivity contribution < 1.29 is 4.79 Å². The van der Waals surface area contributed by atoms with Gasteiger partial charge < -0.3 is 10.6 Å². The maximum Gasteiger partial charge on any atom is 0.261 e. The molecular weight excluding hydrogens is 220 g/mol. The maximum atomic E-state index is 12.0. The topological polar surface area (TPSA) is 41.1 Å². The Balaban J connectivity index is 1.96. The van der Waals surface area contributed by atoms with Crippen LogP contribution in [0.15, 0.2) is 6.07 Å². The third-order valence-corrected chi connectivity index (χ3v) is 4.22. The zero-order valence-corrected chi connectivity index (χ0v) is 10.6. The van der Waals surface area contributed by atoms with Crippen molar-refractivity contribution in [2.45, 2.75) is 32.7 Å². The van der Waals surface area contributed by atoms with E-state index < -0.39 is 0 Å². The van der Waals surface area contributed by atoms with E-state index in [0.717, 1.165) is 30.8 Å². The molecule has 2 rings (SSSR count). The zero-order chi connectivity index (χ0) is 11.5. The fraction of sp³-hybridized carbons (Fsp3) is 0.583. The van der Waals surface area contributed by atoms with Crippen molar-refractivity contribution in [3.05, 3.63) is 21.4 Å². The highest BCUT2D eigenvalue weighted by Gasteiger charge is 2.17. The molecule has 0 aliphatic carbocycles. The van der Waals surface area contributed by atoms with Crippen LogP contribution in [0.25, 0.3) is 0 Å². The molecule has 2 N–H and O–H groups in total. The average Bonchev–Trinajstić information content (AvgIpc) is 2.61. The first-order valence-electron chi connectivity index (χ1n) is 5.75. The molecule has 88 valence electrons. The minimum atomic E-state index is 0.0908. The molecule has 2 heterocycles. The summed E-state index contributed by atoms with van der Waals surface area (Å²) in [6.45, 7) is 6.12. The van der Waals surface area contributed by atoms with E-state index in [9.17, 15) is 4.79 Å². The Morgan fingerprint density at radius 2 is 2.12 bits per heavy atom. The van der Waals surface area contributed by atoms with E-state index in [1.807, 2.05) is 13.0 Å². The van der Waals surface area contributed by atoms with Gasteiger partial charge in [-0.1, -0.05) is 0 Å². The molecule has 4 heteroatoms. The average molecular weight is 238 g/mol. The van der Waals surface area contributed by atoms with Crippen LogP contribution in [-0.2, 0) is 0 Å². The van der Waals surface area contributed by atoms with Gasteiger partial charge in [-0.2, -0.15) is 0 Å². The van der Waals surface area contributed by atoms with Gasteiger partial charge in [0.2, 0.25) is 0 Å². The Morgan fingerprint density at radius 1 is 1.44 bits per heavy atom. The van der Waals surface area contributed by atoms with Crippen molar-refractivity contribution in [1.82, 2.24) is 10.6 Å². The number of aryl methyl sites for hydroxylation is 2. The highest BCUT2D eigenvalue weighted by molar-refractivity contribution is 7.14. The van der Waals surface area contributed by atoms with Gasteiger partial charge in [-0.05, 0) is 51.4 Å². The maximum absolute atomic E-state index is 12.0. The molecule has 1 aliphatic heterocycles. The number of piperidine rings is 1. The Morgan fingerprint density at radius 3 is 2.69 bits per heavy atom. The van der Waals surface area contributed by atoms with E-state index >= 15 is 0 Å². The van der Waals surface area contributed by atoms with E-state index in [0.29, 0.717) is 6.04 Å². The van der Waals surface area contributed by atoms with Crippen molar-refractivity contribution in [2.75, 3.05) is 13.1 Å². The van der Waals surface area contributed by atoms with Crippen LogP contribution in [0.4, 0.5) is 0 Å². The first-order chi connectivity index (χ1) is 7.66. The minimum absolute atomic E-state index is 0.0908. The van der Waals surface area contributed by atoms with Gasteiger partial charge >= 0.3 is 0 Å². The summed E-state index contributed by atoms with van der Waals surface area (Å²) in [5, 5.41) is 6.40. The second kappa shape index (κ2) is 4.97.